The van der Waals surface area contributed by atoms with Crippen LogP contribution in [0.1, 0.15) is 55.5 Å². The number of carbonyl (C=O) groups is 1. The van der Waals surface area contributed by atoms with Crippen molar-refractivity contribution >= 4 is 5.78 Å². The number of benzene rings is 1. The minimum absolute atomic E-state index is 0.152. The summed E-state index contributed by atoms with van der Waals surface area (Å²) in [7, 11) is 0. The van der Waals surface area contributed by atoms with Crippen LogP contribution in [0.2, 0.25) is 0 Å². The highest BCUT2D eigenvalue weighted by Crippen LogP contribution is 2.37. The standard InChI is InChI=1S/C14H18O2/c1-4-6-12-13(15)11-8-5-7-10(9(2)3)14(11)16-12/h5,7-9,12H,4,6H2,1-3H3. The zero-order valence-electron chi connectivity index (χ0n) is 10.1. The molecule has 0 aliphatic carbocycles. The van der Waals surface area contributed by atoms with Crippen molar-refractivity contribution in [2.45, 2.75) is 45.6 Å². The van der Waals surface area contributed by atoms with Gasteiger partial charge in [-0.15, -0.1) is 0 Å². The molecule has 0 fully saturated rings. The summed E-state index contributed by atoms with van der Waals surface area (Å²) >= 11 is 0. The van der Waals surface area contributed by atoms with E-state index in [-0.39, 0.29) is 11.9 Å². The van der Waals surface area contributed by atoms with Crippen molar-refractivity contribution < 1.29 is 9.53 Å². The van der Waals surface area contributed by atoms with Gasteiger partial charge < -0.3 is 4.74 Å². The van der Waals surface area contributed by atoms with Gasteiger partial charge in [-0.1, -0.05) is 39.3 Å². The van der Waals surface area contributed by atoms with Gasteiger partial charge in [-0.05, 0) is 24.0 Å². The van der Waals surface area contributed by atoms with Crippen molar-refractivity contribution in [3.63, 3.8) is 0 Å². The summed E-state index contributed by atoms with van der Waals surface area (Å²) < 4.78 is 5.80. The van der Waals surface area contributed by atoms with Gasteiger partial charge in [-0.25, -0.2) is 0 Å². The van der Waals surface area contributed by atoms with E-state index >= 15 is 0 Å². The molecule has 0 saturated carbocycles. The minimum atomic E-state index is -0.250. The van der Waals surface area contributed by atoms with E-state index in [0.717, 1.165) is 29.7 Å². The lowest BCUT2D eigenvalue weighted by Gasteiger charge is -2.12. The Labute approximate surface area is 96.6 Å². The Balaban J connectivity index is 2.39. The van der Waals surface area contributed by atoms with Crippen molar-refractivity contribution in [2.75, 3.05) is 0 Å². The lowest BCUT2D eigenvalue weighted by molar-refractivity contribution is 0.0844. The number of ketones is 1. The molecule has 1 aromatic rings. The van der Waals surface area contributed by atoms with Gasteiger partial charge in [-0.3, -0.25) is 4.79 Å². The third-order valence-electron chi connectivity index (χ3n) is 3.04. The van der Waals surface area contributed by atoms with Gasteiger partial charge in [0.2, 0.25) is 5.78 Å². The molecule has 0 spiro atoms. The highest BCUT2D eigenvalue weighted by molar-refractivity contribution is 6.05. The van der Waals surface area contributed by atoms with E-state index in [4.69, 9.17) is 4.74 Å². The second-order valence-electron chi connectivity index (χ2n) is 4.64. The maximum Gasteiger partial charge on any atom is 0.207 e. The van der Waals surface area contributed by atoms with Gasteiger partial charge in [0.1, 0.15) is 5.75 Å². The second kappa shape index (κ2) is 4.28. The smallest absolute Gasteiger partial charge is 0.207 e. The Hall–Kier alpha value is -1.31. The summed E-state index contributed by atoms with van der Waals surface area (Å²) in [5.74, 6) is 1.36. The van der Waals surface area contributed by atoms with Gasteiger partial charge in [0.15, 0.2) is 6.10 Å². The van der Waals surface area contributed by atoms with Crippen LogP contribution >= 0.6 is 0 Å². The minimum Gasteiger partial charge on any atom is -0.481 e. The average molecular weight is 218 g/mol. The van der Waals surface area contributed by atoms with Crippen molar-refractivity contribution in [3.8, 4) is 5.75 Å². The second-order valence-corrected chi connectivity index (χ2v) is 4.64. The normalized spacial score (nSPS) is 18.8. The Morgan fingerprint density at radius 2 is 2.12 bits per heavy atom. The SMILES string of the molecule is CCCC1Oc2c(cccc2C(C)C)C1=O. The number of carbonyl (C=O) groups excluding carboxylic acids is 1. The van der Waals surface area contributed by atoms with Crippen LogP contribution in [0.3, 0.4) is 0 Å². The van der Waals surface area contributed by atoms with E-state index in [9.17, 15) is 4.79 Å². The number of hydrogen-bond acceptors (Lipinski definition) is 2. The topological polar surface area (TPSA) is 26.3 Å². The van der Waals surface area contributed by atoms with E-state index < -0.39 is 0 Å². The van der Waals surface area contributed by atoms with Gasteiger partial charge in [0, 0.05) is 0 Å². The highest BCUT2D eigenvalue weighted by Gasteiger charge is 2.33. The van der Waals surface area contributed by atoms with Crippen LogP contribution in [0.5, 0.6) is 5.75 Å². The summed E-state index contributed by atoms with van der Waals surface area (Å²) in [6, 6.07) is 5.87. The molecule has 1 aliphatic heterocycles. The molecular weight excluding hydrogens is 200 g/mol. The molecular formula is C14H18O2. The quantitative estimate of drug-likeness (QED) is 0.775. The van der Waals surface area contributed by atoms with E-state index in [2.05, 4.69) is 20.8 Å². The molecule has 0 saturated heterocycles. The van der Waals surface area contributed by atoms with Crippen LogP contribution in [0, 0.1) is 0 Å². The van der Waals surface area contributed by atoms with Crippen molar-refractivity contribution in [3.05, 3.63) is 29.3 Å². The van der Waals surface area contributed by atoms with Crippen molar-refractivity contribution in [1.29, 1.82) is 0 Å². The summed E-state index contributed by atoms with van der Waals surface area (Å²) in [5, 5.41) is 0. The Morgan fingerprint density at radius 1 is 1.38 bits per heavy atom. The molecule has 0 N–H and O–H groups in total. The molecule has 1 aliphatic rings. The maximum absolute atomic E-state index is 12.0. The molecule has 1 atom stereocenters. The molecule has 2 nitrogen and oxygen atoms in total. The van der Waals surface area contributed by atoms with E-state index in [1.54, 1.807) is 0 Å². The molecule has 0 bridgehead atoms. The number of para-hydroxylation sites is 1. The fourth-order valence-corrected chi connectivity index (χ4v) is 2.16. The first-order valence-electron chi connectivity index (χ1n) is 5.99. The van der Waals surface area contributed by atoms with Crippen LogP contribution < -0.4 is 4.74 Å². The summed E-state index contributed by atoms with van der Waals surface area (Å²) in [6.07, 6.45) is 1.53. The van der Waals surface area contributed by atoms with Crippen LogP contribution in [0.15, 0.2) is 18.2 Å². The molecule has 2 rings (SSSR count). The largest absolute Gasteiger partial charge is 0.481 e. The number of ether oxygens (including phenoxy) is 1. The van der Waals surface area contributed by atoms with Crippen molar-refractivity contribution in [2.24, 2.45) is 0 Å². The summed E-state index contributed by atoms with van der Waals surface area (Å²) in [5.41, 5.74) is 1.91. The zero-order chi connectivity index (χ0) is 11.7. The number of Topliss-reactive ketones (excluding diaryl/α,β-unsaturated/α-hetero) is 1. The molecule has 1 unspecified atom stereocenters. The Kier molecular flexibility index (Phi) is 2.99. The molecule has 1 aromatic carbocycles. The van der Waals surface area contributed by atoms with Crippen molar-refractivity contribution in [1.82, 2.24) is 0 Å². The average Bonchev–Trinajstić information content (AvgIpc) is 2.57. The molecule has 0 amide bonds. The molecule has 0 radical (unpaired) electrons. The maximum atomic E-state index is 12.0. The lowest BCUT2D eigenvalue weighted by atomic mass is 9.97. The fraction of sp³-hybridized carbons (Fsp3) is 0.500. The monoisotopic (exact) mass is 218 g/mol. The highest BCUT2D eigenvalue weighted by atomic mass is 16.5. The first-order valence-corrected chi connectivity index (χ1v) is 5.99. The molecule has 1 heterocycles. The first-order chi connectivity index (χ1) is 7.65. The number of hydrogen-bond donors (Lipinski definition) is 0. The predicted octanol–water partition coefficient (Wildman–Crippen LogP) is 3.55. The van der Waals surface area contributed by atoms with Gasteiger partial charge in [-0.2, -0.15) is 0 Å². The number of fused-ring (bicyclic) bond motifs is 1. The van der Waals surface area contributed by atoms with Gasteiger partial charge >= 0.3 is 0 Å². The van der Waals surface area contributed by atoms with Crippen LogP contribution in [0.4, 0.5) is 0 Å². The van der Waals surface area contributed by atoms with Crippen LogP contribution in [0.25, 0.3) is 0 Å². The molecule has 0 aromatic heterocycles. The van der Waals surface area contributed by atoms with Gasteiger partial charge in [0.05, 0.1) is 5.56 Å². The summed E-state index contributed by atoms with van der Waals surface area (Å²) in [6.45, 7) is 6.32. The fourth-order valence-electron chi connectivity index (χ4n) is 2.16. The first kappa shape index (κ1) is 11.2. The van der Waals surface area contributed by atoms with E-state index in [1.807, 2.05) is 18.2 Å². The third kappa shape index (κ3) is 1.73. The van der Waals surface area contributed by atoms with E-state index in [0.29, 0.717) is 5.92 Å². The third-order valence-corrected chi connectivity index (χ3v) is 3.04. The Morgan fingerprint density at radius 3 is 2.75 bits per heavy atom. The molecule has 16 heavy (non-hydrogen) atoms. The van der Waals surface area contributed by atoms with Gasteiger partial charge in [0.25, 0.3) is 0 Å². The predicted molar refractivity (Wildman–Crippen MR) is 64.2 cm³/mol. The van der Waals surface area contributed by atoms with E-state index in [1.165, 1.54) is 0 Å². The Bertz CT molecular complexity index is 407. The van der Waals surface area contributed by atoms with Crippen LogP contribution in [-0.4, -0.2) is 11.9 Å². The zero-order valence-corrected chi connectivity index (χ0v) is 10.1. The molecule has 2 heteroatoms. The summed E-state index contributed by atoms with van der Waals surface area (Å²) in [4.78, 5) is 12.0. The molecule has 86 valence electrons. The number of rotatable bonds is 3. The lowest BCUT2D eigenvalue weighted by Crippen LogP contribution is -2.19. The van der Waals surface area contributed by atoms with Crippen LogP contribution in [-0.2, 0) is 0 Å².